The zero-order chi connectivity index (χ0) is 21.4. The Bertz CT molecular complexity index is 1070. The molecule has 2 atom stereocenters. The Hall–Kier alpha value is -3.41. The molecule has 2 amide bonds. The van der Waals surface area contributed by atoms with Crippen LogP contribution in [0.3, 0.4) is 0 Å². The van der Waals surface area contributed by atoms with Crippen LogP contribution in [0.25, 0.3) is 0 Å². The van der Waals surface area contributed by atoms with Gasteiger partial charge in [-0.1, -0.05) is 41.6 Å². The maximum Gasteiger partial charge on any atom is 0.264 e. The summed E-state index contributed by atoms with van der Waals surface area (Å²) < 4.78 is 5.23. The number of rotatable bonds is 3. The van der Waals surface area contributed by atoms with Crippen LogP contribution in [0.4, 0.5) is 11.4 Å². The molecule has 0 bridgehead atoms. The third-order valence-corrected chi connectivity index (χ3v) is 5.71. The van der Waals surface area contributed by atoms with Crippen molar-refractivity contribution in [3.05, 3.63) is 77.2 Å². The Balaban J connectivity index is 1.81. The molecule has 3 aromatic rings. The Morgan fingerprint density at radius 3 is 2.37 bits per heavy atom. The molecule has 0 aliphatic carbocycles. The van der Waals surface area contributed by atoms with Crippen LogP contribution in [-0.4, -0.2) is 23.0 Å². The first-order valence-corrected chi connectivity index (χ1v) is 10.1. The zero-order valence-corrected chi connectivity index (χ0v) is 17.6. The number of benzene rings is 2. The van der Waals surface area contributed by atoms with Crippen molar-refractivity contribution in [2.75, 3.05) is 9.80 Å². The van der Waals surface area contributed by atoms with E-state index < -0.39 is 0 Å². The standard InChI is InChI=1S/C24H25N3O3/c1-15-14-22(27(18(4)28)19-10-6-5-7-11-19)20-12-8-9-13-21(20)26(15)24(29)23-16(2)25-30-17(23)3/h5-13,15,22H,14H2,1-4H3/t15-,22+/m1/s1. The van der Waals surface area contributed by atoms with Crippen LogP contribution < -0.4 is 9.80 Å². The van der Waals surface area contributed by atoms with Crippen molar-refractivity contribution in [2.24, 2.45) is 0 Å². The Morgan fingerprint density at radius 1 is 1.07 bits per heavy atom. The van der Waals surface area contributed by atoms with Crippen molar-refractivity contribution in [2.45, 2.75) is 46.2 Å². The van der Waals surface area contributed by atoms with E-state index in [0.29, 0.717) is 23.4 Å². The van der Waals surface area contributed by atoms with Crippen LogP contribution in [-0.2, 0) is 4.79 Å². The molecule has 0 saturated heterocycles. The summed E-state index contributed by atoms with van der Waals surface area (Å²) in [6, 6.07) is 17.2. The van der Waals surface area contributed by atoms with Gasteiger partial charge < -0.3 is 14.3 Å². The number of anilines is 2. The van der Waals surface area contributed by atoms with E-state index in [2.05, 4.69) is 5.16 Å². The molecule has 1 aliphatic rings. The summed E-state index contributed by atoms with van der Waals surface area (Å²) in [5.74, 6) is 0.358. The van der Waals surface area contributed by atoms with Crippen molar-refractivity contribution in [1.29, 1.82) is 0 Å². The van der Waals surface area contributed by atoms with Gasteiger partial charge in [-0.15, -0.1) is 0 Å². The molecule has 0 unspecified atom stereocenters. The van der Waals surface area contributed by atoms with E-state index in [-0.39, 0.29) is 23.9 Å². The molecule has 4 rings (SSSR count). The lowest BCUT2D eigenvalue weighted by molar-refractivity contribution is -0.117. The summed E-state index contributed by atoms with van der Waals surface area (Å²) in [5, 5.41) is 3.94. The van der Waals surface area contributed by atoms with Gasteiger partial charge in [-0.05, 0) is 51.0 Å². The van der Waals surface area contributed by atoms with Gasteiger partial charge in [0.05, 0.1) is 11.7 Å². The molecular weight excluding hydrogens is 378 g/mol. The summed E-state index contributed by atoms with van der Waals surface area (Å²) >= 11 is 0. The maximum absolute atomic E-state index is 13.5. The Morgan fingerprint density at radius 2 is 1.73 bits per heavy atom. The SMILES string of the molecule is CC(=O)N(c1ccccc1)[C@H]1C[C@@H](C)N(C(=O)c2c(C)noc2C)c2ccccc21. The largest absolute Gasteiger partial charge is 0.361 e. The minimum Gasteiger partial charge on any atom is -0.361 e. The minimum absolute atomic E-state index is 0.0290. The molecule has 0 fully saturated rings. The molecule has 0 spiro atoms. The average Bonchev–Trinajstić information content (AvgIpc) is 3.06. The van der Waals surface area contributed by atoms with E-state index in [4.69, 9.17) is 4.52 Å². The number of nitrogens with zero attached hydrogens (tertiary/aromatic N) is 3. The lowest BCUT2D eigenvalue weighted by atomic mass is 9.89. The number of carbonyl (C=O) groups excluding carboxylic acids is 2. The van der Waals surface area contributed by atoms with Gasteiger partial charge in [0.1, 0.15) is 11.3 Å². The van der Waals surface area contributed by atoms with E-state index in [1.165, 1.54) is 0 Å². The van der Waals surface area contributed by atoms with Crippen molar-refractivity contribution in [3.63, 3.8) is 0 Å². The third-order valence-electron chi connectivity index (χ3n) is 5.71. The molecule has 0 radical (unpaired) electrons. The number of aryl methyl sites for hydroxylation is 2. The second kappa shape index (κ2) is 7.78. The van der Waals surface area contributed by atoms with Crippen LogP contribution >= 0.6 is 0 Å². The first-order valence-electron chi connectivity index (χ1n) is 10.1. The molecule has 1 aliphatic heterocycles. The highest BCUT2D eigenvalue weighted by molar-refractivity contribution is 6.08. The second-order valence-electron chi connectivity index (χ2n) is 7.76. The highest BCUT2D eigenvalue weighted by Crippen LogP contribution is 2.42. The number of aromatic nitrogens is 1. The highest BCUT2D eigenvalue weighted by Gasteiger charge is 2.39. The fraction of sp³-hybridized carbons (Fsp3) is 0.292. The number of fused-ring (bicyclic) bond motifs is 1. The van der Waals surface area contributed by atoms with Crippen LogP contribution in [0.1, 0.15) is 53.7 Å². The van der Waals surface area contributed by atoms with Crippen molar-refractivity contribution >= 4 is 23.2 Å². The topological polar surface area (TPSA) is 66.7 Å². The molecule has 2 heterocycles. The number of hydrogen-bond donors (Lipinski definition) is 0. The molecule has 6 heteroatoms. The van der Waals surface area contributed by atoms with Crippen molar-refractivity contribution in [3.8, 4) is 0 Å². The highest BCUT2D eigenvalue weighted by atomic mass is 16.5. The number of amides is 2. The van der Waals surface area contributed by atoms with Crippen LogP contribution in [0.5, 0.6) is 0 Å². The van der Waals surface area contributed by atoms with Gasteiger partial charge in [0.25, 0.3) is 5.91 Å². The van der Waals surface area contributed by atoms with E-state index in [1.807, 2.05) is 71.3 Å². The van der Waals surface area contributed by atoms with Gasteiger partial charge in [0, 0.05) is 24.3 Å². The fourth-order valence-electron chi connectivity index (χ4n) is 4.41. The number of hydrogen-bond acceptors (Lipinski definition) is 4. The molecule has 2 aromatic carbocycles. The first-order chi connectivity index (χ1) is 14.4. The van der Waals surface area contributed by atoms with Gasteiger partial charge in [0.2, 0.25) is 5.91 Å². The molecule has 0 N–H and O–H groups in total. The first kappa shape index (κ1) is 19.9. The van der Waals surface area contributed by atoms with Gasteiger partial charge >= 0.3 is 0 Å². The van der Waals surface area contributed by atoms with Gasteiger partial charge in [-0.25, -0.2) is 0 Å². The molecule has 6 nitrogen and oxygen atoms in total. The predicted molar refractivity (Wildman–Crippen MR) is 116 cm³/mol. The number of carbonyl (C=O) groups is 2. The van der Waals surface area contributed by atoms with Crippen LogP contribution in [0, 0.1) is 13.8 Å². The minimum atomic E-state index is -0.162. The fourth-order valence-corrected chi connectivity index (χ4v) is 4.41. The molecule has 30 heavy (non-hydrogen) atoms. The molecule has 1 aromatic heterocycles. The molecule has 154 valence electrons. The summed E-state index contributed by atoms with van der Waals surface area (Å²) in [7, 11) is 0. The summed E-state index contributed by atoms with van der Waals surface area (Å²) in [6.45, 7) is 7.13. The normalized spacial score (nSPS) is 18.1. The summed E-state index contributed by atoms with van der Waals surface area (Å²) in [6.07, 6.45) is 0.626. The zero-order valence-electron chi connectivity index (χ0n) is 17.6. The quantitative estimate of drug-likeness (QED) is 0.629. The Labute approximate surface area is 176 Å². The smallest absolute Gasteiger partial charge is 0.264 e. The predicted octanol–water partition coefficient (Wildman–Crippen LogP) is 4.82. The third kappa shape index (κ3) is 3.28. The summed E-state index contributed by atoms with van der Waals surface area (Å²) in [4.78, 5) is 29.8. The van der Waals surface area contributed by atoms with E-state index in [9.17, 15) is 9.59 Å². The molecular formula is C24H25N3O3. The van der Waals surface area contributed by atoms with E-state index in [1.54, 1.807) is 20.8 Å². The van der Waals surface area contributed by atoms with Gasteiger partial charge in [-0.3, -0.25) is 9.59 Å². The van der Waals surface area contributed by atoms with Crippen LogP contribution in [0.2, 0.25) is 0 Å². The van der Waals surface area contributed by atoms with E-state index in [0.717, 1.165) is 16.9 Å². The monoisotopic (exact) mass is 403 g/mol. The lowest BCUT2D eigenvalue weighted by Crippen LogP contribution is -2.47. The lowest BCUT2D eigenvalue weighted by Gasteiger charge is -2.43. The van der Waals surface area contributed by atoms with Crippen molar-refractivity contribution < 1.29 is 14.1 Å². The van der Waals surface area contributed by atoms with Gasteiger partial charge in [0.15, 0.2) is 0 Å². The van der Waals surface area contributed by atoms with Crippen molar-refractivity contribution in [1.82, 2.24) is 5.16 Å². The Kier molecular flexibility index (Phi) is 5.16. The second-order valence-corrected chi connectivity index (χ2v) is 7.76. The van der Waals surface area contributed by atoms with Gasteiger partial charge in [-0.2, -0.15) is 0 Å². The summed E-state index contributed by atoms with van der Waals surface area (Å²) in [5.41, 5.74) is 3.70. The molecule has 0 saturated carbocycles. The van der Waals surface area contributed by atoms with E-state index >= 15 is 0 Å². The number of para-hydroxylation sites is 2. The average molecular weight is 403 g/mol. The maximum atomic E-state index is 13.5. The van der Waals surface area contributed by atoms with Crippen LogP contribution in [0.15, 0.2) is 59.1 Å².